The van der Waals surface area contributed by atoms with E-state index in [2.05, 4.69) is 24.3 Å². The maximum Gasteiger partial charge on any atom is 0.372 e. The van der Waals surface area contributed by atoms with Gasteiger partial charge >= 0.3 is 8.56 Å². The standard InChI is InChI=1S/C16H26O3Si/c1-3-18-20(19-4-2,16-9-6-5-7-10-16)14-8-13-17-15-11-12-15/h5-7,9-10,15H,3-4,8,11-14H2,1-2H3. The van der Waals surface area contributed by atoms with E-state index in [1.807, 2.05) is 19.9 Å². The largest absolute Gasteiger partial charge is 0.391 e. The van der Waals surface area contributed by atoms with Gasteiger partial charge < -0.3 is 13.6 Å². The third-order valence-corrected chi connectivity index (χ3v) is 7.23. The predicted molar refractivity (Wildman–Crippen MR) is 83.5 cm³/mol. The quantitative estimate of drug-likeness (QED) is 0.490. The highest BCUT2D eigenvalue weighted by molar-refractivity contribution is 6.81. The van der Waals surface area contributed by atoms with Crippen LogP contribution >= 0.6 is 0 Å². The monoisotopic (exact) mass is 294 g/mol. The normalized spacial score (nSPS) is 15.5. The van der Waals surface area contributed by atoms with E-state index in [4.69, 9.17) is 13.6 Å². The molecular weight excluding hydrogens is 268 g/mol. The van der Waals surface area contributed by atoms with E-state index in [1.54, 1.807) is 0 Å². The van der Waals surface area contributed by atoms with E-state index in [0.717, 1.165) is 19.1 Å². The zero-order chi connectivity index (χ0) is 14.3. The van der Waals surface area contributed by atoms with Gasteiger partial charge in [-0.25, -0.2) is 0 Å². The number of hydrogen-bond acceptors (Lipinski definition) is 3. The predicted octanol–water partition coefficient (Wildman–Crippen LogP) is 2.98. The third kappa shape index (κ3) is 4.41. The number of rotatable bonds is 10. The fourth-order valence-corrected chi connectivity index (χ4v) is 5.68. The molecule has 0 N–H and O–H groups in total. The van der Waals surface area contributed by atoms with Crippen molar-refractivity contribution in [3.8, 4) is 0 Å². The molecule has 0 radical (unpaired) electrons. The fourth-order valence-electron chi connectivity index (χ4n) is 2.45. The maximum absolute atomic E-state index is 6.14. The molecule has 1 aromatic rings. The first kappa shape index (κ1) is 15.7. The van der Waals surface area contributed by atoms with Gasteiger partial charge in [0.25, 0.3) is 0 Å². The minimum atomic E-state index is -2.30. The zero-order valence-corrected chi connectivity index (χ0v) is 13.6. The van der Waals surface area contributed by atoms with Crippen molar-refractivity contribution in [1.29, 1.82) is 0 Å². The van der Waals surface area contributed by atoms with E-state index in [1.165, 1.54) is 18.0 Å². The Morgan fingerprint density at radius 2 is 1.70 bits per heavy atom. The van der Waals surface area contributed by atoms with Gasteiger partial charge in [-0.05, 0) is 44.3 Å². The van der Waals surface area contributed by atoms with E-state index in [9.17, 15) is 0 Å². The van der Waals surface area contributed by atoms with Crippen LogP contribution in [0.3, 0.4) is 0 Å². The molecule has 1 aliphatic rings. The van der Waals surface area contributed by atoms with Crippen LogP contribution in [0.15, 0.2) is 30.3 Å². The van der Waals surface area contributed by atoms with Crippen LogP contribution in [-0.2, 0) is 13.6 Å². The average molecular weight is 294 g/mol. The molecule has 0 saturated heterocycles. The highest BCUT2D eigenvalue weighted by Gasteiger charge is 2.39. The Bertz CT molecular complexity index is 373. The van der Waals surface area contributed by atoms with Crippen LogP contribution in [-0.4, -0.2) is 34.5 Å². The molecule has 1 aliphatic carbocycles. The first-order valence-corrected chi connectivity index (χ1v) is 9.78. The van der Waals surface area contributed by atoms with Gasteiger partial charge in [-0.15, -0.1) is 0 Å². The van der Waals surface area contributed by atoms with Crippen molar-refractivity contribution in [2.45, 2.75) is 45.3 Å². The molecular formula is C16H26O3Si. The van der Waals surface area contributed by atoms with E-state index in [-0.39, 0.29) is 0 Å². The molecule has 20 heavy (non-hydrogen) atoms. The molecule has 0 amide bonds. The Morgan fingerprint density at radius 1 is 1.05 bits per heavy atom. The molecule has 3 nitrogen and oxygen atoms in total. The summed E-state index contributed by atoms with van der Waals surface area (Å²) in [6.07, 6.45) is 4.01. The Balaban J connectivity index is 2.00. The van der Waals surface area contributed by atoms with Gasteiger partial charge in [0.15, 0.2) is 0 Å². The van der Waals surface area contributed by atoms with Crippen LogP contribution in [0.1, 0.15) is 33.1 Å². The van der Waals surface area contributed by atoms with Crippen molar-refractivity contribution in [2.75, 3.05) is 19.8 Å². The highest BCUT2D eigenvalue weighted by Crippen LogP contribution is 2.24. The molecule has 2 rings (SSSR count). The Morgan fingerprint density at radius 3 is 2.25 bits per heavy atom. The summed E-state index contributed by atoms with van der Waals surface area (Å²) in [5.41, 5.74) is 0. The molecule has 0 bridgehead atoms. The minimum absolute atomic E-state index is 0.530. The molecule has 0 heterocycles. The maximum atomic E-state index is 6.14. The van der Waals surface area contributed by atoms with Crippen molar-refractivity contribution in [3.05, 3.63) is 30.3 Å². The SMILES string of the molecule is CCO[Si](CCCOC1CC1)(OCC)c1ccccc1. The summed E-state index contributed by atoms with van der Waals surface area (Å²) < 4.78 is 18.0. The second-order valence-corrected chi connectivity index (χ2v) is 8.32. The van der Waals surface area contributed by atoms with Crippen LogP contribution in [0, 0.1) is 0 Å². The molecule has 0 aliphatic heterocycles. The van der Waals surface area contributed by atoms with Crippen LogP contribution in [0.25, 0.3) is 0 Å². The summed E-state index contributed by atoms with van der Waals surface area (Å²) in [5, 5.41) is 1.23. The summed E-state index contributed by atoms with van der Waals surface area (Å²) >= 11 is 0. The summed E-state index contributed by atoms with van der Waals surface area (Å²) in [7, 11) is -2.30. The lowest BCUT2D eigenvalue weighted by Gasteiger charge is -2.30. The molecule has 0 unspecified atom stereocenters. The van der Waals surface area contributed by atoms with E-state index >= 15 is 0 Å². The first-order chi connectivity index (χ1) is 9.80. The van der Waals surface area contributed by atoms with Gasteiger partial charge in [0, 0.05) is 19.8 Å². The molecule has 1 fully saturated rings. The van der Waals surface area contributed by atoms with Gasteiger partial charge in [0.05, 0.1) is 6.10 Å². The Labute approximate surface area is 123 Å². The van der Waals surface area contributed by atoms with Crippen LogP contribution in [0.5, 0.6) is 0 Å². The van der Waals surface area contributed by atoms with Gasteiger partial charge in [-0.2, -0.15) is 0 Å². The van der Waals surface area contributed by atoms with Crippen LogP contribution in [0.4, 0.5) is 0 Å². The lowest BCUT2D eigenvalue weighted by molar-refractivity contribution is 0.116. The molecule has 0 spiro atoms. The molecule has 0 atom stereocenters. The molecule has 0 aromatic heterocycles. The van der Waals surface area contributed by atoms with Crippen LogP contribution < -0.4 is 5.19 Å². The fraction of sp³-hybridized carbons (Fsp3) is 0.625. The van der Waals surface area contributed by atoms with E-state index < -0.39 is 8.56 Å². The van der Waals surface area contributed by atoms with Crippen molar-refractivity contribution in [1.82, 2.24) is 0 Å². The van der Waals surface area contributed by atoms with Crippen molar-refractivity contribution >= 4 is 13.7 Å². The molecule has 1 saturated carbocycles. The second-order valence-electron chi connectivity index (χ2n) is 5.16. The number of benzene rings is 1. The highest BCUT2D eigenvalue weighted by atomic mass is 28.4. The molecule has 112 valence electrons. The lowest BCUT2D eigenvalue weighted by atomic mass is 10.4. The number of ether oxygens (including phenoxy) is 1. The Hall–Kier alpha value is -0.683. The molecule has 1 aromatic carbocycles. The van der Waals surface area contributed by atoms with Gasteiger partial charge in [0.1, 0.15) is 0 Å². The Kier molecular flexibility index (Phi) is 6.23. The van der Waals surface area contributed by atoms with Crippen molar-refractivity contribution in [3.63, 3.8) is 0 Å². The van der Waals surface area contributed by atoms with Gasteiger partial charge in [-0.1, -0.05) is 30.3 Å². The smallest absolute Gasteiger partial charge is 0.372 e. The van der Waals surface area contributed by atoms with Crippen molar-refractivity contribution < 1.29 is 13.6 Å². The summed E-state index contributed by atoms with van der Waals surface area (Å²) in [6, 6.07) is 11.4. The third-order valence-electron chi connectivity index (χ3n) is 3.50. The minimum Gasteiger partial charge on any atom is -0.391 e. The van der Waals surface area contributed by atoms with Gasteiger partial charge in [-0.3, -0.25) is 0 Å². The van der Waals surface area contributed by atoms with Crippen molar-refractivity contribution in [2.24, 2.45) is 0 Å². The topological polar surface area (TPSA) is 27.7 Å². The second kappa shape index (κ2) is 7.93. The summed E-state index contributed by atoms with van der Waals surface area (Å²) in [6.45, 7) is 6.32. The summed E-state index contributed by atoms with van der Waals surface area (Å²) in [5.74, 6) is 0. The van der Waals surface area contributed by atoms with Crippen LogP contribution in [0.2, 0.25) is 6.04 Å². The summed E-state index contributed by atoms with van der Waals surface area (Å²) in [4.78, 5) is 0. The number of hydrogen-bond donors (Lipinski definition) is 0. The zero-order valence-electron chi connectivity index (χ0n) is 12.6. The van der Waals surface area contributed by atoms with E-state index in [0.29, 0.717) is 19.3 Å². The van der Waals surface area contributed by atoms with Gasteiger partial charge in [0.2, 0.25) is 0 Å². The molecule has 4 heteroatoms. The average Bonchev–Trinajstić information content (AvgIpc) is 3.29. The first-order valence-electron chi connectivity index (χ1n) is 7.75. The lowest BCUT2D eigenvalue weighted by Crippen LogP contribution is -2.54.